The fourth-order valence-electron chi connectivity index (χ4n) is 1.33. The Kier molecular flexibility index (Phi) is 6.01. The van der Waals surface area contributed by atoms with Crippen LogP contribution in [0.1, 0.15) is 13.8 Å². The number of nitrogens with one attached hydrogen (secondary N) is 1. The van der Waals surface area contributed by atoms with Crippen LogP contribution in [0.2, 0.25) is 0 Å². The lowest BCUT2D eigenvalue weighted by Crippen LogP contribution is -2.41. The van der Waals surface area contributed by atoms with Gasteiger partial charge in [-0.05, 0) is 38.1 Å². The number of hydrogen-bond acceptors (Lipinski definition) is 4. The normalized spacial score (nSPS) is 13.8. The SMILES string of the molecule is COc1ccc(SC(C)C(=O)N[C@@H](C)CN)cc1. The molecule has 18 heavy (non-hydrogen) atoms. The number of ether oxygens (including phenoxy) is 1. The molecule has 5 heteroatoms. The first-order valence-electron chi connectivity index (χ1n) is 5.88. The van der Waals surface area contributed by atoms with Crippen molar-refractivity contribution in [1.29, 1.82) is 0 Å². The van der Waals surface area contributed by atoms with Gasteiger partial charge in [0, 0.05) is 17.5 Å². The molecule has 0 bridgehead atoms. The average molecular weight is 268 g/mol. The molecule has 0 aromatic heterocycles. The van der Waals surface area contributed by atoms with Crippen molar-refractivity contribution in [2.24, 2.45) is 5.73 Å². The molecule has 1 rings (SSSR count). The summed E-state index contributed by atoms with van der Waals surface area (Å²) >= 11 is 1.51. The molecule has 1 amide bonds. The van der Waals surface area contributed by atoms with Crippen LogP contribution in [0, 0.1) is 0 Å². The van der Waals surface area contributed by atoms with Crippen molar-refractivity contribution in [1.82, 2.24) is 5.32 Å². The Morgan fingerprint density at radius 1 is 1.39 bits per heavy atom. The van der Waals surface area contributed by atoms with Gasteiger partial charge in [0.05, 0.1) is 12.4 Å². The zero-order valence-electron chi connectivity index (χ0n) is 11.0. The molecule has 2 atom stereocenters. The van der Waals surface area contributed by atoms with Crippen LogP contribution in [0.3, 0.4) is 0 Å². The zero-order valence-corrected chi connectivity index (χ0v) is 11.8. The van der Waals surface area contributed by atoms with Gasteiger partial charge in [0.1, 0.15) is 5.75 Å². The Balaban J connectivity index is 2.52. The molecule has 0 heterocycles. The molecule has 1 aromatic rings. The molecule has 0 spiro atoms. The van der Waals surface area contributed by atoms with Crippen LogP contribution in [0.15, 0.2) is 29.2 Å². The lowest BCUT2D eigenvalue weighted by atomic mass is 10.3. The summed E-state index contributed by atoms with van der Waals surface area (Å²) in [5.41, 5.74) is 5.47. The molecule has 1 aromatic carbocycles. The third-order valence-electron chi connectivity index (χ3n) is 2.48. The Morgan fingerprint density at radius 3 is 2.50 bits per heavy atom. The van der Waals surface area contributed by atoms with Crippen LogP contribution in [0.25, 0.3) is 0 Å². The maximum absolute atomic E-state index is 11.8. The third-order valence-corrected chi connectivity index (χ3v) is 3.60. The molecular weight excluding hydrogens is 248 g/mol. The number of hydrogen-bond donors (Lipinski definition) is 2. The smallest absolute Gasteiger partial charge is 0.233 e. The number of thioether (sulfide) groups is 1. The lowest BCUT2D eigenvalue weighted by molar-refractivity contribution is -0.120. The van der Waals surface area contributed by atoms with Crippen molar-refractivity contribution >= 4 is 17.7 Å². The maximum atomic E-state index is 11.8. The molecule has 0 aliphatic carbocycles. The van der Waals surface area contributed by atoms with E-state index in [0.29, 0.717) is 6.54 Å². The van der Waals surface area contributed by atoms with Gasteiger partial charge in [0.25, 0.3) is 0 Å². The van der Waals surface area contributed by atoms with Crippen molar-refractivity contribution < 1.29 is 9.53 Å². The molecule has 0 saturated heterocycles. The van der Waals surface area contributed by atoms with Gasteiger partial charge in [-0.15, -0.1) is 11.8 Å². The summed E-state index contributed by atoms with van der Waals surface area (Å²) in [5, 5.41) is 2.72. The van der Waals surface area contributed by atoms with E-state index in [9.17, 15) is 4.79 Å². The molecule has 3 N–H and O–H groups in total. The molecular formula is C13H20N2O2S. The topological polar surface area (TPSA) is 64.3 Å². The van der Waals surface area contributed by atoms with E-state index < -0.39 is 0 Å². The lowest BCUT2D eigenvalue weighted by Gasteiger charge is -2.16. The molecule has 4 nitrogen and oxygen atoms in total. The van der Waals surface area contributed by atoms with E-state index in [0.717, 1.165) is 10.6 Å². The van der Waals surface area contributed by atoms with E-state index >= 15 is 0 Å². The number of nitrogens with two attached hydrogens (primary N) is 1. The van der Waals surface area contributed by atoms with Gasteiger partial charge in [-0.3, -0.25) is 4.79 Å². The third kappa shape index (κ3) is 4.58. The summed E-state index contributed by atoms with van der Waals surface area (Å²) < 4.78 is 5.09. The highest BCUT2D eigenvalue weighted by molar-refractivity contribution is 8.00. The van der Waals surface area contributed by atoms with Gasteiger partial charge >= 0.3 is 0 Å². The highest BCUT2D eigenvalue weighted by Gasteiger charge is 2.15. The van der Waals surface area contributed by atoms with E-state index in [2.05, 4.69) is 5.32 Å². The fraction of sp³-hybridized carbons (Fsp3) is 0.462. The van der Waals surface area contributed by atoms with Crippen LogP contribution < -0.4 is 15.8 Å². The van der Waals surface area contributed by atoms with E-state index in [1.807, 2.05) is 38.1 Å². The summed E-state index contributed by atoms with van der Waals surface area (Å²) in [7, 11) is 1.63. The van der Waals surface area contributed by atoms with Crippen molar-refractivity contribution in [3.05, 3.63) is 24.3 Å². The van der Waals surface area contributed by atoms with Gasteiger partial charge in [-0.25, -0.2) is 0 Å². The average Bonchev–Trinajstić information content (AvgIpc) is 2.39. The fourth-order valence-corrected chi connectivity index (χ4v) is 2.21. The van der Waals surface area contributed by atoms with Crippen LogP contribution in [-0.4, -0.2) is 30.9 Å². The zero-order chi connectivity index (χ0) is 13.5. The molecule has 100 valence electrons. The highest BCUT2D eigenvalue weighted by Crippen LogP contribution is 2.25. The molecule has 0 saturated carbocycles. The van der Waals surface area contributed by atoms with Gasteiger partial charge in [0.15, 0.2) is 0 Å². The van der Waals surface area contributed by atoms with Crippen molar-refractivity contribution in [3.63, 3.8) is 0 Å². The largest absolute Gasteiger partial charge is 0.497 e. The summed E-state index contributed by atoms with van der Waals surface area (Å²) in [6.07, 6.45) is 0. The van der Waals surface area contributed by atoms with Gasteiger partial charge in [0.2, 0.25) is 5.91 Å². The number of carbonyl (C=O) groups excluding carboxylic acids is 1. The summed E-state index contributed by atoms with van der Waals surface area (Å²) in [6.45, 7) is 4.22. The Hall–Kier alpha value is -1.20. The number of amides is 1. The van der Waals surface area contributed by atoms with E-state index in [1.165, 1.54) is 11.8 Å². The summed E-state index contributed by atoms with van der Waals surface area (Å²) in [4.78, 5) is 12.9. The standard InChI is InChI=1S/C13H20N2O2S/c1-9(8-14)15-13(16)10(2)18-12-6-4-11(17-3)5-7-12/h4-7,9-10H,8,14H2,1-3H3,(H,15,16)/t9-,10?/m0/s1. The minimum absolute atomic E-state index is 0.00812. The maximum Gasteiger partial charge on any atom is 0.233 e. The number of carbonyl (C=O) groups is 1. The number of benzene rings is 1. The number of rotatable bonds is 6. The van der Waals surface area contributed by atoms with Crippen LogP contribution in [0.5, 0.6) is 5.75 Å². The Morgan fingerprint density at radius 2 is 2.00 bits per heavy atom. The Bertz CT molecular complexity index is 381. The van der Waals surface area contributed by atoms with E-state index in [4.69, 9.17) is 10.5 Å². The predicted molar refractivity (Wildman–Crippen MR) is 75.0 cm³/mol. The second-order valence-corrected chi connectivity index (χ2v) is 5.50. The van der Waals surface area contributed by atoms with Crippen LogP contribution >= 0.6 is 11.8 Å². The highest BCUT2D eigenvalue weighted by atomic mass is 32.2. The first kappa shape index (κ1) is 14.9. The summed E-state index contributed by atoms with van der Waals surface area (Å²) in [5.74, 6) is 0.821. The second kappa shape index (κ2) is 7.28. The predicted octanol–water partition coefficient (Wildman–Crippen LogP) is 1.64. The van der Waals surface area contributed by atoms with Crippen molar-refractivity contribution in [2.75, 3.05) is 13.7 Å². The van der Waals surface area contributed by atoms with Crippen LogP contribution in [-0.2, 0) is 4.79 Å². The minimum atomic E-state index is -0.146. The van der Waals surface area contributed by atoms with E-state index in [-0.39, 0.29) is 17.2 Å². The van der Waals surface area contributed by atoms with Crippen molar-refractivity contribution in [2.45, 2.75) is 30.0 Å². The first-order valence-corrected chi connectivity index (χ1v) is 6.76. The molecule has 0 fully saturated rings. The quantitative estimate of drug-likeness (QED) is 0.770. The minimum Gasteiger partial charge on any atom is -0.497 e. The molecule has 0 aliphatic heterocycles. The Labute approximate surface area is 112 Å². The first-order chi connectivity index (χ1) is 8.56. The van der Waals surface area contributed by atoms with E-state index in [1.54, 1.807) is 7.11 Å². The monoisotopic (exact) mass is 268 g/mol. The van der Waals surface area contributed by atoms with Gasteiger partial charge in [-0.2, -0.15) is 0 Å². The number of methoxy groups -OCH3 is 1. The summed E-state index contributed by atoms with van der Waals surface area (Å²) in [6, 6.07) is 7.67. The van der Waals surface area contributed by atoms with Gasteiger partial charge < -0.3 is 15.8 Å². The van der Waals surface area contributed by atoms with Gasteiger partial charge in [-0.1, -0.05) is 0 Å². The van der Waals surface area contributed by atoms with Crippen LogP contribution in [0.4, 0.5) is 0 Å². The molecule has 0 radical (unpaired) electrons. The second-order valence-electron chi connectivity index (χ2n) is 4.08. The van der Waals surface area contributed by atoms with Crippen molar-refractivity contribution in [3.8, 4) is 5.75 Å². The molecule has 0 aliphatic rings. The molecule has 1 unspecified atom stereocenters.